The Morgan fingerprint density at radius 1 is 0.556 bits per heavy atom. The van der Waals surface area contributed by atoms with Crippen LogP contribution in [-0.4, -0.2) is 19.2 Å². The van der Waals surface area contributed by atoms with Crippen molar-refractivity contribution in [3.05, 3.63) is 0 Å². The maximum Gasteiger partial charge on any atom is 0.341 e. The third-order valence-corrected chi connectivity index (χ3v) is 7.48. The van der Waals surface area contributed by atoms with Gasteiger partial charge in [0.25, 0.3) is 0 Å². The van der Waals surface area contributed by atoms with Crippen molar-refractivity contribution in [2.45, 2.75) is 115 Å². The first-order valence-corrected chi connectivity index (χ1v) is 16.3. The van der Waals surface area contributed by atoms with Crippen molar-refractivity contribution in [3.63, 3.8) is 0 Å². The highest BCUT2D eigenvalue weighted by Gasteiger charge is 2.23. The molecule has 0 amide bonds. The molecule has 0 bridgehead atoms. The van der Waals surface area contributed by atoms with Gasteiger partial charge in [0.05, 0.1) is 19.1 Å². The topological polar surface area (TPSA) is 33.0 Å². The van der Waals surface area contributed by atoms with Gasteiger partial charge in [-0.25, -0.2) is 0 Å². The van der Waals surface area contributed by atoms with Crippen LogP contribution in [0.5, 0.6) is 0 Å². The minimum atomic E-state index is -2.37. The Kier molecular flexibility index (Phi) is 21.7. The second kappa shape index (κ2) is 21.3. The van der Waals surface area contributed by atoms with Crippen LogP contribution in [0, 0.1) is 11.3 Å². The molecule has 0 saturated heterocycles. The average molecular weight is 457 g/mol. The highest BCUT2D eigenvalue weighted by atomic mass is 35.8. The van der Waals surface area contributed by atoms with E-state index in [9.17, 15) is 0 Å². The van der Waals surface area contributed by atoms with Gasteiger partial charge in [0.2, 0.25) is 0 Å². The van der Waals surface area contributed by atoms with E-state index in [1.807, 2.05) is 0 Å². The highest BCUT2D eigenvalue weighted by Crippen LogP contribution is 2.27. The van der Waals surface area contributed by atoms with E-state index in [0.29, 0.717) is 13.0 Å². The zero-order valence-electron chi connectivity index (χ0n) is 17.1. The van der Waals surface area contributed by atoms with Gasteiger partial charge in [-0.05, 0) is 12.5 Å². The third kappa shape index (κ3) is 26.5. The van der Waals surface area contributed by atoms with Gasteiger partial charge in [0.1, 0.15) is 0 Å². The van der Waals surface area contributed by atoms with E-state index >= 15 is 0 Å². The molecule has 0 saturated carbocycles. The van der Waals surface area contributed by atoms with E-state index < -0.39 is 6.00 Å². The van der Waals surface area contributed by atoms with Gasteiger partial charge in [-0.15, -0.1) is 33.2 Å². The molecule has 160 valence electrons. The second-order valence-corrected chi connectivity index (χ2v) is 16.8. The van der Waals surface area contributed by atoms with Gasteiger partial charge in [-0.2, -0.15) is 5.26 Å². The van der Waals surface area contributed by atoms with Gasteiger partial charge in [0, 0.05) is 6.61 Å². The van der Waals surface area contributed by atoms with Crippen molar-refractivity contribution in [1.29, 1.82) is 5.26 Å². The van der Waals surface area contributed by atoms with Crippen LogP contribution in [0.25, 0.3) is 0 Å². The molecule has 0 aromatic heterocycles. The second-order valence-electron chi connectivity index (χ2n) is 7.54. The number of halogens is 3. The monoisotopic (exact) mass is 455 g/mol. The van der Waals surface area contributed by atoms with Crippen molar-refractivity contribution < 1.29 is 4.74 Å². The molecule has 0 unspecified atom stereocenters. The summed E-state index contributed by atoms with van der Waals surface area (Å²) in [6.07, 6.45) is 21.7. The summed E-state index contributed by atoms with van der Waals surface area (Å²) in [5.74, 6) is 0. The van der Waals surface area contributed by atoms with Gasteiger partial charge in [0.15, 0.2) is 0 Å². The lowest BCUT2D eigenvalue weighted by Gasteiger charge is -2.07. The fraction of sp³-hybridized carbons (Fsp3) is 0.952. The van der Waals surface area contributed by atoms with Crippen LogP contribution >= 0.6 is 33.2 Å². The first-order valence-electron chi connectivity index (χ1n) is 11.1. The molecule has 0 heterocycles. The predicted octanol–water partition coefficient (Wildman–Crippen LogP) is 8.81. The summed E-state index contributed by atoms with van der Waals surface area (Å²) < 4.78 is 5.37. The first-order chi connectivity index (χ1) is 13.1. The number of unbranched alkanes of at least 4 members (excludes halogenated alkanes) is 15. The van der Waals surface area contributed by atoms with E-state index in [0.717, 1.165) is 25.5 Å². The molecule has 0 atom stereocenters. The molecule has 27 heavy (non-hydrogen) atoms. The lowest BCUT2D eigenvalue weighted by molar-refractivity contribution is 0.135. The third-order valence-electron chi connectivity index (χ3n) is 4.86. The van der Waals surface area contributed by atoms with Crippen LogP contribution in [-0.2, 0) is 4.74 Å². The summed E-state index contributed by atoms with van der Waals surface area (Å²) in [4.78, 5) is 0. The predicted molar refractivity (Wildman–Crippen MR) is 123 cm³/mol. The van der Waals surface area contributed by atoms with Crippen molar-refractivity contribution in [2.75, 3.05) is 13.2 Å². The Bertz CT molecular complexity index is 345. The Morgan fingerprint density at radius 2 is 0.926 bits per heavy atom. The summed E-state index contributed by atoms with van der Waals surface area (Å²) in [5.41, 5.74) is 0. The molecule has 0 fully saturated rings. The summed E-state index contributed by atoms with van der Waals surface area (Å²) in [6, 6.07) is 0.541. The standard InChI is InChI=1S/C21H40Cl3NOSi/c22-27(23,24)21-16-14-12-10-8-6-4-2-1-3-5-7-9-11-13-15-19-26-20-17-18-25/h1-17,19-21H2. The fourth-order valence-electron chi connectivity index (χ4n) is 3.22. The Morgan fingerprint density at radius 3 is 1.30 bits per heavy atom. The van der Waals surface area contributed by atoms with Crippen LogP contribution in [0.3, 0.4) is 0 Å². The van der Waals surface area contributed by atoms with Gasteiger partial charge in [-0.3, -0.25) is 0 Å². The molecule has 0 N–H and O–H groups in total. The number of rotatable bonds is 21. The number of hydrogen-bond donors (Lipinski definition) is 0. The molecule has 0 aromatic carbocycles. The van der Waals surface area contributed by atoms with Crippen molar-refractivity contribution in [2.24, 2.45) is 0 Å². The van der Waals surface area contributed by atoms with Crippen LogP contribution < -0.4 is 0 Å². The Labute approximate surface area is 183 Å². The summed E-state index contributed by atoms with van der Waals surface area (Å²) >= 11 is 17.6. The van der Waals surface area contributed by atoms with Crippen LogP contribution in [0.2, 0.25) is 6.04 Å². The molecular weight excluding hydrogens is 417 g/mol. The summed E-state index contributed by atoms with van der Waals surface area (Å²) in [7, 11) is 0. The largest absolute Gasteiger partial charge is 0.380 e. The zero-order valence-corrected chi connectivity index (χ0v) is 20.4. The van der Waals surface area contributed by atoms with Crippen molar-refractivity contribution in [3.8, 4) is 6.07 Å². The number of ether oxygens (including phenoxy) is 1. The molecular formula is C21H40Cl3NOSi. The number of nitriles is 1. The maximum absolute atomic E-state index is 8.40. The molecule has 0 aliphatic rings. The zero-order chi connectivity index (χ0) is 20.1. The van der Waals surface area contributed by atoms with Crippen molar-refractivity contribution in [1.82, 2.24) is 0 Å². The van der Waals surface area contributed by atoms with E-state index in [2.05, 4.69) is 6.07 Å². The smallest absolute Gasteiger partial charge is 0.341 e. The van der Waals surface area contributed by atoms with Gasteiger partial charge in [-0.1, -0.05) is 96.3 Å². The summed E-state index contributed by atoms with van der Waals surface area (Å²) in [6.45, 7) is 1.41. The maximum atomic E-state index is 8.40. The molecule has 0 rings (SSSR count). The Balaban J connectivity index is 3.02. The molecule has 0 spiro atoms. The SMILES string of the molecule is N#CCCOCCCCCCCCCCCCCCCCCC[Si](Cl)(Cl)Cl. The Hall–Kier alpha value is 0.537. The van der Waals surface area contributed by atoms with Crippen LogP contribution in [0.15, 0.2) is 0 Å². The van der Waals surface area contributed by atoms with E-state index in [1.165, 1.54) is 89.9 Å². The van der Waals surface area contributed by atoms with Crippen LogP contribution in [0.4, 0.5) is 0 Å². The first kappa shape index (κ1) is 27.5. The lowest BCUT2D eigenvalue weighted by Crippen LogP contribution is -2.07. The molecule has 0 aliphatic heterocycles. The number of hydrogen-bond acceptors (Lipinski definition) is 2. The van der Waals surface area contributed by atoms with Crippen molar-refractivity contribution >= 4 is 39.2 Å². The van der Waals surface area contributed by atoms with Crippen LogP contribution in [0.1, 0.15) is 109 Å². The van der Waals surface area contributed by atoms with E-state index in [-0.39, 0.29) is 0 Å². The fourth-order valence-corrected chi connectivity index (χ4v) is 5.08. The minimum absolute atomic E-state index is 0.515. The average Bonchev–Trinajstić information content (AvgIpc) is 2.62. The molecule has 0 aliphatic carbocycles. The quantitative estimate of drug-likeness (QED) is 0.0981. The molecule has 0 radical (unpaired) electrons. The minimum Gasteiger partial charge on any atom is -0.380 e. The normalized spacial score (nSPS) is 11.6. The summed E-state index contributed by atoms with van der Waals surface area (Å²) in [5, 5.41) is 8.40. The molecule has 2 nitrogen and oxygen atoms in total. The highest BCUT2D eigenvalue weighted by molar-refractivity contribution is 7.64. The molecule has 0 aromatic rings. The van der Waals surface area contributed by atoms with E-state index in [1.54, 1.807) is 0 Å². The van der Waals surface area contributed by atoms with Gasteiger partial charge >= 0.3 is 6.00 Å². The van der Waals surface area contributed by atoms with E-state index in [4.69, 9.17) is 43.2 Å². The lowest BCUT2D eigenvalue weighted by atomic mass is 10.0. The van der Waals surface area contributed by atoms with Gasteiger partial charge < -0.3 is 4.74 Å². The number of nitrogens with zero attached hydrogens (tertiary/aromatic N) is 1. The molecule has 6 heteroatoms.